The highest BCUT2D eigenvalue weighted by molar-refractivity contribution is 7.99. The van der Waals surface area contributed by atoms with Crippen LogP contribution in [0.15, 0.2) is 0 Å². The second kappa shape index (κ2) is 37.5. The molecular weight excluding hydrogens is 849 g/mol. The minimum absolute atomic E-state index is 0.0164. The normalized spacial score (nSPS) is 11.9. The van der Waals surface area contributed by atoms with Gasteiger partial charge in [-0.25, -0.2) is 0 Å². The van der Waals surface area contributed by atoms with E-state index in [1.165, 1.54) is 40.2 Å². The summed E-state index contributed by atoms with van der Waals surface area (Å²) in [5.74, 6) is -5.35. The summed E-state index contributed by atoms with van der Waals surface area (Å²) in [6.45, 7) is 1.09. The first-order valence-electron chi connectivity index (χ1n) is 19.6. The van der Waals surface area contributed by atoms with Crippen molar-refractivity contribution in [2.45, 2.75) is 51.4 Å². The zero-order valence-electron chi connectivity index (χ0n) is 35.0. The van der Waals surface area contributed by atoms with Crippen molar-refractivity contribution in [2.75, 3.05) is 122 Å². The van der Waals surface area contributed by atoms with Crippen LogP contribution in [0.5, 0.6) is 0 Å². The summed E-state index contributed by atoms with van der Waals surface area (Å²) in [4.78, 5) is 111. The quantitative estimate of drug-likeness (QED) is 0.0524. The minimum atomic E-state index is -1.20. The summed E-state index contributed by atoms with van der Waals surface area (Å²) in [7, 11) is 0. The first-order valence-corrected chi connectivity index (χ1v) is 23.8. The van der Waals surface area contributed by atoms with E-state index in [1.54, 1.807) is 6.26 Å². The Morgan fingerprint density at radius 2 is 1.02 bits per heavy atom. The standard InChI is InChI=1S/C38H64N4O15S3/c1-58-25-30(43)5-4-13-42(14-10-39-34(47)26-59-2)37(51)28(7-9-36(49)50)21-31(44)23-56-19-17-54-15-11-40-33(46)8-6-29(38(52)53)22-32(45)24-57-20-18-55-16-12-41-35(48)27-60-3/h28-29H,4-27H2,1-3H3,(H,39,47)(H,40,46)(H,41,48)(H,49,50)(H,52,53)/t28-,29?/m1/s1. The number of ketones is 3. The van der Waals surface area contributed by atoms with E-state index in [2.05, 4.69) is 16.0 Å². The number of ether oxygens (including phenoxy) is 4. The highest BCUT2D eigenvalue weighted by Gasteiger charge is 2.28. The third kappa shape index (κ3) is 32.5. The fourth-order valence-electron chi connectivity index (χ4n) is 5.31. The van der Waals surface area contributed by atoms with Crippen molar-refractivity contribution in [3.05, 3.63) is 0 Å². The second-order valence-corrected chi connectivity index (χ2v) is 15.9. The van der Waals surface area contributed by atoms with Crippen LogP contribution in [0, 0.1) is 11.8 Å². The lowest BCUT2D eigenvalue weighted by atomic mass is 9.95. The molecule has 0 rings (SSSR count). The topological polar surface area (TPSA) is 270 Å². The van der Waals surface area contributed by atoms with Gasteiger partial charge < -0.3 is 50.0 Å². The van der Waals surface area contributed by atoms with E-state index < -0.39 is 47.2 Å². The number of nitrogens with zero attached hydrogens (tertiary/aromatic N) is 1. The van der Waals surface area contributed by atoms with Crippen LogP contribution < -0.4 is 16.0 Å². The smallest absolute Gasteiger partial charge is 0.306 e. The number of thioether (sulfide) groups is 3. The highest BCUT2D eigenvalue weighted by atomic mass is 32.2. The van der Waals surface area contributed by atoms with Gasteiger partial charge in [0.15, 0.2) is 11.6 Å². The summed E-state index contributed by atoms with van der Waals surface area (Å²) in [5, 5.41) is 26.8. The number of carbonyl (C=O) groups excluding carboxylic acids is 7. The van der Waals surface area contributed by atoms with Crippen molar-refractivity contribution in [3.8, 4) is 0 Å². The van der Waals surface area contributed by atoms with Gasteiger partial charge >= 0.3 is 11.9 Å². The van der Waals surface area contributed by atoms with Crippen LogP contribution in [-0.2, 0) is 62.1 Å². The molecule has 4 amide bonds. The third-order valence-electron chi connectivity index (χ3n) is 8.24. The summed E-state index contributed by atoms with van der Waals surface area (Å²) in [5.41, 5.74) is 0. The molecule has 2 atom stereocenters. The Morgan fingerprint density at radius 3 is 1.53 bits per heavy atom. The molecule has 0 spiro atoms. The molecule has 0 bridgehead atoms. The van der Waals surface area contributed by atoms with Gasteiger partial charge in [-0.05, 0) is 38.0 Å². The Hall–Kier alpha value is -3.28. The van der Waals surface area contributed by atoms with Crippen molar-refractivity contribution in [1.29, 1.82) is 0 Å². The van der Waals surface area contributed by atoms with Crippen molar-refractivity contribution in [2.24, 2.45) is 11.8 Å². The van der Waals surface area contributed by atoms with Gasteiger partial charge in [-0.15, -0.1) is 0 Å². The summed E-state index contributed by atoms with van der Waals surface area (Å²) in [6.07, 6.45) is 4.88. The number of carboxylic acids is 2. The van der Waals surface area contributed by atoms with Crippen LogP contribution in [0.2, 0.25) is 0 Å². The fraction of sp³-hybridized carbons (Fsp3) is 0.763. The molecule has 0 radical (unpaired) electrons. The summed E-state index contributed by atoms with van der Waals surface area (Å²) < 4.78 is 21.4. The van der Waals surface area contributed by atoms with E-state index in [9.17, 15) is 53.4 Å². The Morgan fingerprint density at radius 1 is 0.533 bits per heavy atom. The fourth-order valence-corrected chi connectivity index (χ4v) is 6.50. The average Bonchev–Trinajstić information content (AvgIpc) is 3.19. The van der Waals surface area contributed by atoms with E-state index >= 15 is 0 Å². The maximum atomic E-state index is 13.6. The van der Waals surface area contributed by atoms with E-state index in [0.717, 1.165) is 0 Å². The highest BCUT2D eigenvalue weighted by Crippen LogP contribution is 2.17. The molecule has 344 valence electrons. The van der Waals surface area contributed by atoms with Crippen LogP contribution in [-0.4, -0.2) is 190 Å². The number of carbonyl (C=O) groups is 9. The minimum Gasteiger partial charge on any atom is -0.481 e. The molecule has 0 aromatic carbocycles. The Bertz CT molecular complexity index is 1300. The maximum Gasteiger partial charge on any atom is 0.306 e. The molecule has 0 fully saturated rings. The predicted octanol–water partition coefficient (Wildman–Crippen LogP) is 0.549. The number of amides is 4. The molecule has 19 nitrogen and oxygen atoms in total. The van der Waals surface area contributed by atoms with Crippen molar-refractivity contribution in [1.82, 2.24) is 20.9 Å². The molecule has 0 aromatic heterocycles. The number of hydrogen-bond acceptors (Lipinski definition) is 16. The molecule has 0 aromatic rings. The molecule has 0 aliphatic rings. The number of hydrogen-bond donors (Lipinski definition) is 5. The van der Waals surface area contributed by atoms with Gasteiger partial charge in [0.05, 0.1) is 62.8 Å². The van der Waals surface area contributed by atoms with Gasteiger partial charge in [0.2, 0.25) is 23.6 Å². The molecule has 5 N–H and O–H groups in total. The van der Waals surface area contributed by atoms with Gasteiger partial charge in [0, 0.05) is 70.7 Å². The summed E-state index contributed by atoms with van der Waals surface area (Å²) >= 11 is 4.15. The lowest BCUT2D eigenvalue weighted by Gasteiger charge is -2.27. The SMILES string of the molecule is CSCC(=O)CCCN(CCNC(=O)CSC)C(=O)[C@H](CCC(=O)O)CC(=O)COCCOCCNC(=O)CCC(CC(=O)COCCOCCNC(=O)CSC)C(=O)O. The van der Waals surface area contributed by atoms with Crippen molar-refractivity contribution < 1.29 is 72.3 Å². The number of nitrogens with one attached hydrogen (secondary N) is 3. The van der Waals surface area contributed by atoms with Gasteiger partial charge in [-0.3, -0.25) is 43.2 Å². The Kier molecular flexibility index (Phi) is 35.4. The van der Waals surface area contributed by atoms with Gasteiger partial charge in [0.1, 0.15) is 19.0 Å². The molecular formula is C38H64N4O15S3. The van der Waals surface area contributed by atoms with Crippen LogP contribution >= 0.6 is 35.3 Å². The maximum absolute atomic E-state index is 13.6. The monoisotopic (exact) mass is 912 g/mol. The zero-order chi connectivity index (χ0) is 45.0. The molecule has 0 aliphatic carbocycles. The third-order valence-corrected chi connectivity index (χ3v) is 9.95. The number of rotatable bonds is 41. The van der Waals surface area contributed by atoms with Gasteiger partial charge in [-0.1, -0.05) is 0 Å². The first kappa shape index (κ1) is 56.7. The number of Topliss-reactive ketones (excluding diaryl/α,β-unsaturated/α-hetero) is 3. The average molecular weight is 913 g/mol. The lowest BCUT2D eigenvalue weighted by Crippen LogP contribution is -2.43. The Balaban J connectivity index is 4.57. The van der Waals surface area contributed by atoms with Gasteiger partial charge in [0.25, 0.3) is 0 Å². The molecule has 0 saturated carbocycles. The number of carboxylic acid groups (broad SMARTS) is 2. The largest absolute Gasteiger partial charge is 0.481 e. The van der Waals surface area contributed by atoms with Crippen LogP contribution in [0.25, 0.3) is 0 Å². The van der Waals surface area contributed by atoms with E-state index in [-0.39, 0.29) is 147 Å². The van der Waals surface area contributed by atoms with Gasteiger partial charge in [-0.2, -0.15) is 35.3 Å². The molecule has 0 aliphatic heterocycles. The molecule has 0 saturated heterocycles. The Labute approximate surface area is 365 Å². The molecule has 22 heteroatoms. The predicted molar refractivity (Wildman–Crippen MR) is 228 cm³/mol. The van der Waals surface area contributed by atoms with Crippen LogP contribution in [0.1, 0.15) is 51.4 Å². The first-order chi connectivity index (χ1) is 28.7. The van der Waals surface area contributed by atoms with E-state index in [1.807, 2.05) is 12.5 Å². The van der Waals surface area contributed by atoms with Crippen LogP contribution in [0.4, 0.5) is 0 Å². The zero-order valence-corrected chi connectivity index (χ0v) is 37.4. The number of aliphatic carboxylic acids is 2. The molecule has 0 heterocycles. The lowest BCUT2D eigenvalue weighted by molar-refractivity contribution is -0.145. The van der Waals surface area contributed by atoms with E-state index in [0.29, 0.717) is 24.5 Å². The van der Waals surface area contributed by atoms with Crippen molar-refractivity contribution >= 4 is 88.2 Å². The molecule has 60 heavy (non-hydrogen) atoms. The van der Waals surface area contributed by atoms with Crippen LogP contribution in [0.3, 0.4) is 0 Å². The van der Waals surface area contributed by atoms with Crippen molar-refractivity contribution in [3.63, 3.8) is 0 Å². The molecule has 1 unspecified atom stereocenters. The van der Waals surface area contributed by atoms with E-state index in [4.69, 9.17) is 18.9 Å². The second-order valence-electron chi connectivity index (χ2n) is 13.3. The summed E-state index contributed by atoms with van der Waals surface area (Å²) in [6, 6.07) is 0.